The quantitative estimate of drug-likeness (QED) is 0.451. The van der Waals surface area contributed by atoms with Crippen molar-refractivity contribution in [1.29, 1.82) is 0 Å². The zero-order chi connectivity index (χ0) is 20.9. The zero-order valence-corrected chi connectivity index (χ0v) is 19.1. The highest BCUT2D eigenvalue weighted by Crippen LogP contribution is 2.17. The Bertz CT molecular complexity index is 564. The normalized spacial score (nSPS) is 14.7. The number of anilines is 1. The number of hydrogen-bond donors (Lipinski definition) is 1. The van der Waals surface area contributed by atoms with Gasteiger partial charge in [0.15, 0.2) is 0 Å². The van der Waals surface area contributed by atoms with Crippen LogP contribution >= 0.6 is 0 Å². The van der Waals surface area contributed by atoms with Gasteiger partial charge >= 0.3 is 0 Å². The Morgan fingerprint density at radius 3 is 2.17 bits per heavy atom. The summed E-state index contributed by atoms with van der Waals surface area (Å²) in [5.74, 6) is 0.628. The minimum atomic E-state index is 0.206. The van der Waals surface area contributed by atoms with Crippen molar-refractivity contribution in [2.24, 2.45) is 5.92 Å². The van der Waals surface area contributed by atoms with Gasteiger partial charge in [-0.05, 0) is 44.1 Å². The molecule has 0 spiro atoms. The predicted molar refractivity (Wildman–Crippen MR) is 125 cm³/mol. The van der Waals surface area contributed by atoms with E-state index in [0.717, 1.165) is 45.6 Å². The van der Waals surface area contributed by atoms with Crippen LogP contribution in [-0.2, 0) is 11.3 Å². The number of ketones is 1. The smallest absolute Gasteiger partial charge is 0.135 e. The van der Waals surface area contributed by atoms with Crippen LogP contribution in [0.15, 0.2) is 24.3 Å². The Balaban J connectivity index is 1.49. The topological polar surface area (TPSA) is 35.6 Å². The van der Waals surface area contributed by atoms with Crippen LogP contribution in [0.2, 0.25) is 0 Å². The van der Waals surface area contributed by atoms with Crippen molar-refractivity contribution in [3.05, 3.63) is 29.8 Å². The lowest BCUT2D eigenvalue weighted by Gasteiger charge is -2.29. The molecule has 0 aliphatic carbocycles. The standard InChI is InChI=1S/C25H43N3O/c1-22(2)25(29)11-9-7-5-4-6-8-10-18-27(3)21-23-12-14-24(15-13-23)28-19-16-26-17-20-28/h12-15,22,26H,4-11,16-21H2,1-3H3. The number of carbonyl (C=O) groups is 1. The van der Waals surface area contributed by atoms with Gasteiger partial charge in [0.05, 0.1) is 0 Å². The van der Waals surface area contributed by atoms with E-state index in [-0.39, 0.29) is 5.92 Å². The Hall–Kier alpha value is -1.39. The van der Waals surface area contributed by atoms with E-state index in [1.807, 2.05) is 13.8 Å². The van der Waals surface area contributed by atoms with E-state index in [9.17, 15) is 4.79 Å². The van der Waals surface area contributed by atoms with Gasteiger partial charge in [-0.1, -0.05) is 58.1 Å². The van der Waals surface area contributed by atoms with E-state index in [0.29, 0.717) is 5.78 Å². The second-order valence-electron chi connectivity index (χ2n) is 8.99. The Morgan fingerprint density at radius 1 is 0.966 bits per heavy atom. The number of unbranched alkanes of at least 4 members (excludes halogenated alkanes) is 6. The van der Waals surface area contributed by atoms with E-state index in [1.54, 1.807) is 0 Å². The number of piperazine rings is 1. The van der Waals surface area contributed by atoms with Gasteiger partial charge in [-0.3, -0.25) is 4.79 Å². The maximum absolute atomic E-state index is 11.6. The lowest BCUT2D eigenvalue weighted by atomic mass is 10.0. The number of carbonyl (C=O) groups excluding carboxylic acids is 1. The minimum absolute atomic E-state index is 0.206. The summed E-state index contributed by atoms with van der Waals surface area (Å²) in [7, 11) is 2.23. The molecule has 1 aliphatic heterocycles. The summed E-state index contributed by atoms with van der Waals surface area (Å²) < 4.78 is 0. The summed E-state index contributed by atoms with van der Waals surface area (Å²) in [6.45, 7) is 10.6. The summed E-state index contributed by atoms with van der Waals surface area (Å²) in [6, 6.07) is 9.14. The van der Waals surface area contributed by atoms with Crippen LogP contribution in [0.5, 0.6) is 0 Å². The number of Topliss-reactive ketones (excluding diaryl/α,β-unsaturated/α-hetero) is 1. The third-order valence-electron chi connectivity index (χ3n) is 5.98. The van der Waals surface area contributed by atoms with Crippen molar-refractivity contribution >= 4 is 11.5 Å². The van der Waals surface area contributed by atoms with Crippen LogP contribution in [0.4, 0.5) is 5.69 Å². The van der Waals surface area contributed by atoms with Crippen LogP contribution in [0, 0.1) is 5.92 Å². The Kier molecular flexibility index (Phi) is 11.3. The monoisotopic (exact) mass is 401 g/mol. The van der Waals surface area contributed by atoms with Crippen LogP contribution in [0.1, 0.15) is 70.8 Å². The van der Waals surface area contributed by atoms with Crippen LogP contribution in [0.25, 0.3) is 0 Å². The molecule has 0 bridgehead atoms. The van der Waals surface area contributed by atoms with Gasteiger partial charge in [-0.15, -0.1) is 0 Å². The first-order valence-electron chi connectivity index (χ1n) is 11.8. The van der Waals surface area contributed by atoms with Gasteiger partial charge < -0.3 is 15.1 Å². The van der Waals surface area contributed by atoms with Gasteiger partial charge in [0.1, 0.15) is 5.78 Å². The maximum atomic E-state index is 11.6. The van der Waals surface area contributed by atoms with Crippen molar-refractivity contribution in [2.45, 2.75) is 71.8 Å². The average Bonchev–Trinajstić information content (AvgIpc) is 2.73. The first kappa shape index (κ1) is 23.9. The molecule has 4 nitrogen and oxygen atoms in total. The molecule has 4 heteroatoms. The Morgan fingerprint density at radius 2 is 1.55 bits per heavy atom. The van der Waals surface area contributed by atoms with Gasteiger partial charge in [0.2, 0.25) is 0 Å². The van der Waals surface area contributed by atoms with Crippen LogP contribution < -0.4 is 10.2 Å². The molecule has 1 heterocycles. The SMILES string of the molecule is CC(C)C(=O)CCCCCCCCCN(C)Cc1ccc(N2CCNCC2)cc1. The zero-order valence-electron chi connectivity index (χ0n) is 19.1. The van der Waals surface area contributed by atoms with Crippen LogP contribution in [0.3, 0.4) is 0 Å². The largest absolute Gasteiger partial charge is 0.369 e. The number of rotatable bonds is 14. The highest BCUT2D eigenvalue weighted by molar-refractivity contribution is 5.80. The van der Waals surface area contributed by atoms with Crippen LogP contribution in [-0.4, -0.2) is 50.5 Å². The third kappa shape index (κ3) is 9.77. The van der Waals surface area contributed by atoms with Gasteiger partial charge in [0.25, 0.3) is 0 Å². The molecule has 29 heavy (non-hydrogen) atoms. The second-order valence-corrected chi connectivity index (χ2v) is 8.99. The fraction of sp³-hybridized carbons (Fsp3) is 0.720. The molecule has 1 N–H and O–H groups in total. The Labute approximate surface area is 179 Å². The molecular weight excluding hydrogens is 358 g/mol. The first-order valence-corrected chi connectivity index (χ1v) is 11.8. The number of nitrogens with one attached hydrogen (secondary N) is 1. The summed E-state index contributed by atoms with van der Waals surface area (Å²) in [5, 5.41) is 3.41. The lowest BCUT2D eigenvalue weighted by molar-refractivity contribution is -0.122. The highest BCUT2D eigenvalue weighted by atomic mass is 16.1. The number of nitrogens with zero attached hydrogens (tertiary/aromatic N) is 2. The van der Waals surface area contributed by atoms with E-state index >= 15 is 0 Å². The average molecular weight is 402 g/mol. The van der Waals surface area contributed by atoms with Crippen molar-refractivity contribution < 1.29 is 4.79 Å². The molecule has 0 unspecified atom stereocenters. The van der Waals surface area contributed by atoms with Gasteiger partial charge in [-0.25, -0.2) is 0 Å². The van der Waals surface area contributed by atoms with Crippen molar-refractivity contribution in [2.75, 3.05) is 44.7 Å². The predicted octanol–water partition coefficient (Wildman–Crippen LogP) is 4.87. The first-order chi connectivity index (χ1) is 14.1. The van der Waals surface area contributed by atoms with Crippen molar-refractivity contribution in [3.63, 3.8) is 0 Å². The molecule has 0 aromatic heterocycles. The van der Waals surface area contributed by atoms with E-state index in [4.69, 9.17) is 0 Å². The summed E-state index contributed by atoms with van der Waals surface area (Å²) in [5.41, 5.74) is 2.76. The summed E-state index contributed by atoms with van der Waals surface area (Å²) in [6.07, 6.45) is 9.58. The number of benzene rings is 1. The van der Waals surface area contributed by atoms with Gasteiger partial charge in [-0.2, -0.15) is 0 Å². The molecule has 0 saturated carbocycles. The number of hydrogen-bond acceptors (Lipinski definition) is 4. The lowest BCUT2D eigenvalue weighted by Crippen LogP contribution is -2.43. The van der Waals surface area contributed by atoms with Crippen molar-refractivity contribution in [1.82, 2.24) is 10.2 Å². The fourth-order valence-electron chi connectivity index (χ4n) is 3.98. The molecule has 2 rings (SSSR count). The molecule has 0 atom stereocenters. The fourth-order valence-corrected chi connectivity index (χ4v) is 3.98. The van der Waals surface area contributed by atoms with E-state index in [2.05, 4.69) is 46.4 Å². The van der Waals surface area contributed by atoms with Gasteiger partial charge in [0, 0.05) is 50.7 Å². The molecule has 164 valence electrons. The maximum Gasteiger partial charge on any atom is 0.135 e. The molecule has 1 saturated heterocycles. The molecule has 0 radical (unpaired) electrons. The van der Waals surface area contributed by atoms with E-state index < -0.39 is 0 Å². The highest BCUT2D eigenvalue weighted by Gasteiger charge is 2.10. The molecule has 0 amide bonds. The minimum Gasteiger partial charge on any atom is -0.369 e. The summed E-state index contributed by atoms with van der Waals surface area (Å²) in [4.78, 5) is 16.5. The third-order valence-corrected chi connectivity index (χ3v) is 5.98. The van der Waals surface area contributed by atoms with E-state index in [1.165, 1.54) is 56.3 Å². The molecular formula is C25H43N3O. The molecule has 1 aliphatic rings. The summed E-state index contributed by atoms with van der Waals surface area (Å²) >= 11 is 0. The molecule has 1 fully saturated rings. The second kappa shape index (κ2) is 13.8. The molecule has 1 aromatic rings. The molecule has 1 aromatic carbocycles. The van der Waals surface area contributed by atoms with Crippen molar-refractivity contribution in [3.8, 4) is 0 Å².